The fourth-order valence-electron chi connectivity index (χ4n) is 4.97. The first-order valence-electron chi connectivity index (χ1n) is 9.35. The Morgan fingerprint density at radius 1 is 1.10 bits per heavy atom. The fourth-order valence-corrected chi connectivity index (χ4v) is 4.97. The number of hydrogen-bond donors (Lipinski definition) is 1. The van der Waals surface area contributed by atoms with E-state index in [0.717, 1.165) is 24.9 Å². The Labute approximate surface area is 130 Å². The number of rotatable bonds is 4. The molecule has 0 aromatic carbocycles. The lowest BCUT2D eigenvalue weighted by atomic mass is 9.83. The maximum atomic E-state index is 6.55. The van der Waals surface area contributed by atoms with Crippen LogP contribution in [0.25, 0.3) is 0 Å². The molecule has 3 heteroatoms. The molecule has 1 saturated carbocycles. The molecule has 0 aromatic heterocycles. The smallest absolute Gasteiger partial charge is 0.0710 e. The van der Waals surface area contributed by atoms with Gasteiger partial charge in [-0.15, -0.1) is 0 Å². The summed E-state index contributed by atoms with van der Waals surface area (Å²) in [6.45, 7) is 6.82. The first kappa shape index (κ1) is 15.8. The molecule has 122 valence electrons. The van der Waals surface area contributed by atoms with E-state index in [1.165, 1.54) is 70.9 Å². The molecular formula is C18H34N2O. The van der Waals surface area contributed by atoms with Gasteiger partial charge in [-0.3, -0.25) is 0 Å². The summed E-state index contributed by atoms with van der Waals surface area (Å²) in [6, 6.07) is 0. The van der Waals surface area contributed by atoms with Crippen LogP contribution in [0, 0.1) is 11.8 Å². The van der Waals surface area contributed by atoms with Crippen LogP contribution >= 0.6 is 0 Å². The molecule has 21 heavy (non-hydrogen) atoms. The molecule has 2 N–H and O–H groups in total. The Bertz CT molecular complexity index is 325. The van der Waals surface area contributed by atoms with Crippen LogP contribution in [0.3, 0.4) is 0 Å². The SMILES string of the molecule is CCC1CN(CC2CCC3(CCCCC3)O2)CCC1CN. The molecule has 1 aliphatic carbocycles. The van der Waals surface area contributed by atoms with E-state index in [1.807, 2.05) is 0 Å². The summed E-state index contributed by atoms with van der Waals surface area (Å²) < 4.78 is 6.55. The summed E-state index contributed by atoms with van der Waals surface area (Å²) in [7, 11) is 0. The Kier molecular flexibility index (Phi) is 5.23. The lowest BCUT2D eigenvalue weighted by molar-refractivity contribution is -0.0755. The van der Waals surface area contributed by atoms with Crippen LogP contribution in [0.2, 0.25) is 0 Å². The molecule has 3 atom stereocenters. The molecular weight excluding hydrogens is 260 g/mol. The van der Waals surface area contributed by atoms with Crippen LogP contribution < -0.4 is 5.73 Å². The zero-order valence-corrected chi connectivity index (χ0v) is 13.9. The number of ether oxygens (including phenoxy) is 1. The van der Waals surface area contributed by atoms with Gasteiger partial charge in [-0.05, 0) is 57.0 Å². The van der Waals surface area contributed by atoms with Crippen molar-refractivity contribution in [2.75, 3.05) is 26.2 Å². The van der Waals surface area contributed by atoms with Gasteiger partial charge in [0.2, 0.25) is 0 Å². The monoisotopic (exact) mass is 294 g/mol. The van der Waals surface area contributed by atoms with Crippen molar-refractivity contribution < 1.29 is 4.74 Å². The Hall–Kier alpha value is -0.120. The lowest BCUT2D eigenvalue weighted by Gasteiger charge is -2.39. The largest absolute Gasteiger partial charge is 0.370 e. The van der Waals surface area contributed by atoms with Crippen molar-refractivity contribution >= 4 is 0 Å². The van der Waals surface area contributed by atoms with Gasteiger partial charge in [0.05, 0.1) is 11.7 Å². The molecule has 2 heterocycles. The van der Waals surface area contributed by atoms with Crippen LogP contribution in [0.15, 0.2) is 0 Å². The van der Waals surface area contributed by atoms with Gasteiger partial charge in [-0.1, -0.05) is 32.6 Å². The van der Waals surface area contributed by atoms with Crippen LogP contribution in [0.5, 0.6) is 0 Å². The third kappa shape index (κ3) is 3.62. The van der Waals surface area contributed by atoms with Gasteiger partial charge >= 0.3 is 0 Å². The highest BCUT2D eigenvalue weighted by Crippen LogP contribution is 2.42. The molecule has 3 aliphatic rings. The van der Waals surface area contributed by atoms with Crippen LogP contribution in [0.4, 0.5) is 0 Å². The highest BCUT2D eigenvalue weighted by molar-refractivity contribution is 4.92. The summed E-state index contributed by atoms with van der Waals surface area (Å²) in [6.07, 6.45) is 12.5. The van der Waals surface area contributed by atoms with Gasteiger partial charge in [-0.2, -0.15) is 0 Å². The van der Waals surface area contributed by atoms with E-state index >= 15 is 0 Å². The molecule has 3 unspecified atom stereocenters. The van der Waals surface area contributed by atoms with E-state index in [1.54, 1.807) is 0 Å². The van der Waals surface area contributed by atoms with Crippen LogP contribution in [-0.4, -0.2) is 42.8 Å². The maximum absolute atomic E-state index is 6.55. The molecule has 0 radical (unpaired) electrons. The molecule has 1 spiro atoms. The predicted octanol–water partition coefficient (Wildman–Crippen LogP) is 3.18. The van der Waals surface area contributed by atoms with E-state index in [4.69, 9.17) is 10.5 Å². The molecule has 3 fully saturated rings. The third-order valence-corrected chi connectivity index (χ3v) is 6.37. The lowest BCUT2D eigenvalue weighted by Crippen LogP contribution is -2.45. The van der Waals surface area contributed by atoms with Crippen molar-refractivity contribution in [3.63, 3.8) is 0 Å². The van der Waals surface area contributed by atoms with Crippen molar-refractivity contribution in [1.82, 2.24) is 4.90 Å². The van der Waals surface area contributed by atoms with Gasteiger partial charge in [0, 0.05) is 13.1 Å². The molecule has 2 saturated heterocycles. The standard InChI is InChI=1S/C18H34N2O/c1-2-15-13-20(11-7-16(15)12-19)14-17-6-10-18(21-17)8-4-3-5-9-18/h15-17H,2-14,19H2,1H3. The predicted molar refractivity (Wildman–Crippen MR) is 87.3 cm³/mol. The van der Waals surface area contributed by atoms with Gasteiger partial charge < -0.3 is 15.4 Å². The molecule has 0 aromatic rings. The van der Waals surface area contributed by atoms with Crippen LogP contribution in [0.1, 0.15) is 64.7 Å². The summed E-state index contributed by atoms with van der Waals surface area (Å²) in [5.74, 6) is 1.55. The Balaban J connectivity index is 1.49. The van der Waals surface area contributed by atoms with Crippen molar-refractivity contribution in [3.8, 4) is 0 Å². The van der Waals surface area contributed by atoms with Gasteiger partial charge in [0.1, 0.15) is 0 Å². The second kappa shape index (κ2) is 6.97. The van der Waals surface area contributed by atoms with Gasteiger partial charge in [0.25, 0.3) is 0 Å². The molecule has 0 amide bonds. The second-order valence-corrected chi connectivity index (χ2v) is 7.73. The molecule has 2 aliphatic heterocycles. The number of piperidine rings is 1. The van der Waals surface area contributed by atoms with E-state index in [9.17, 15) is 0 Å². The topological polar surface area (TPSA) is 38.5 Å². The van der Waals surface area contributed by atoms with Crippen molar-refractivity contribution in [2.45, 2.75) is 76.4 Å². The highest BCUT2D eigenvalue weighted by atomic mass is 16.5. The van der Waals surface area contributed by atoms with E-state index in [-0.39, 0.29) is 5.60 Å². The molecule has 3 rings (SSSR count). The van der Waals surface area contributed by atoms with Gasteiger partial charge in [-0.25, -0.2) is 0 Å². The first-order valence-corrected chi connectivity index (χ1v) is 9.35. The van der Waals surface area contributed by atoms with E-state index in [2.05, 4.69) is 11.8 Å². The summed E-state index contributed by atoms with van der Waals surface area (Å²) in [5.41, 5.74) is 6.21. The highest BCUT2D eigenvalue weighted by Gasteiger charge is 2.41. The zero-order valence-electron chi connectivity index (χ0n) is 13.9. The number of nitrogens with zero attached hydrogens (tertiary/aromatic N) is 1. The van der Waals surface area contributed by atoms with E-state index in [0.29, 0.717) is 6.10 Å². The minimum atomic E-state index is 0.280. The maximum Gasteiger partial charge on any atom is 0.0710 e. The number of nitrogens with two attached hydrogens (primary N) is 1. The van der Waals surface area contributed by atoms with Crippen molar-refractivity contribution in [1.29, 1.82) is 0 Å². The zero-order chi connectivity index (χ0) is 14.7. The summed E-state index contributed by atoms with van der Waals surface area (Å²) in [5, 5.41) is 0. The second-order valence-electron chi connectivity index (χ2n) is 7.73. The summed E-state index contributed by atoms with van der Waals surface area (Å²) >= 11 is 0. The first-order chi connectivity index (χ1) is 10.2. The number of likely N-dealkylation sites (tertiary alicyclic amines) is 1. The Morgan fingerprint density at radius 2 is 1.90 bits per heavy atom. The van der Waals surface area contributed by atoms with Gasteiger partial charge in [0.15, 0.2) is 0 Å². The fraction of sp³-hybridized carbons (Fsp3) is 1.00. The van der Waals surface area contributed by atoms with Crippen LogP contribution in [-0.2, 0) is 4.74 Å². The third-order valence-electron chi connectivity index (χ3n) is 6.37. The Morgan fingerprint density at radius 3 is 2.62 bits per heavy atom. The minimum Gasteiger partial charge on any atom is -0.370 e. The molecule has 0 bridgehead atoms. The van der Waals surface area contributed by atoms with E-state index < -0.39 is 0 Å². The van der Waals surface area contributed by atoms with Crippen molar-refractivity contribution in [3.05, 3.63) is 0 Å². The normalized spacial score (nSPS) is 37.1. The average molecular weight is 294 g/mol. The number of hydrogen-bond acceptors (Lipinski definition) is 3. The summed E-state index contributed by atoms with van der Waals surface area (Å²) in [4.78, 5) is 2.66. The molecule has 3 nitrogen and oxygen atoms in total. The average Bonchev–Trinajstić information content (AvgIpc) is 2.90. The van der Waals surface area contributed by atoms with Crippen molar-refractivity contribution in [2.24, 2.45) is 17.6 Å². The minimum absolute atomic E-state index is 0.280. The quantitative estimate of drug-likeness (QED) is 0.865.